The van der Waals surface area contributed by atoms with Gasteiger partial charge in [-0.2, -0.15) is 0 Å². The molecule has 1 heterocycles. The molecule has 3 N–H and O–H groups in total. The van der Waals surface area contributed by atoms with E-state index in [0.29, 0.717) is 30.6 Å². The number of rotatable bonds is 6. The highest BCUT2D eigenvalue weighted by Crippen LogP contribution is 2.11. The first kappa shape index (κ1) is 14.2. The van der Waals surface area contributed by atoms with Gasteiger partial charge in [0.15, 0.2) is 11.6 Å². The third-order valence-corrected chi connectivity index (χ3v) is 3.25. The van der Waals surface area contributed by atoms with Gasteiger partial charge in [0, 0.05) is 31.1 Å². The smallest absolute Gasteiger partial charge is 0.183 e. The number of hydrogen-bond donors (Lipinski definition) is 2. The van der Waals surface area contributed by atoms with Crippen molar-refractivity contribution in [3.8, 4) is 0 Å². The Balaban J connectivity index is 2.07. The summed E-state index contributed by atoms with van der Waals surface area (Å²) in [5.41, 5.74) is 8.55. The number of nitrogens with one attached hydrogen (secondary N) is 1. The predicted molar refractivity (Wildman–Crippen MR) is 77.8 cm³/mol. The molecule has 0 amide bonds. The second-order valence-electron chi connectivity index (χ2n) is 4.70. The summed E-state index contributed by atoms with van der Waals surface area (Å²) >= 11 is 0. The number of benzene rings is 1. The standard InChI is InChI=1S/C16H18N2O2/c1-2-15(19)13-8-14(18-10-13)16(20)7-11-3-5-12(9-17)6-4-11/h3-6,8,10,18H,2,7,9,17H2,1H3. The molecule has 0 aliphatic heterocycles. The van der Waals surface area contributed by atoms with E-state index in [4.69, 9.17) is 5.73 Å². The normalized spacial score (nSPS) is 10.5. The Labute approximate surface area is 118 Å². The van der Waals surface area contributed by atoms with Gasteiger partial charge in [-0.05, 0) is 17.2 Å². The van der Waals surface area contributed by atoms with Crippen LogP contribution in [0.1, 0.15) is 45.3 Å². The van der Waals surface area contributed by atoms with Crippen LogP contribution in [0.5, 0.6) is 0 Å². The molecule has 4 nitrogen and oxygen atoms in total. The number of nitrogens with two attached hydrogens (primary N) is 1. The van der Waals surface area contributed by atoms with E-state index < -0.39 is 0 Å². The zero-order chi connectivity index (χ0) is 14.5. The third kappa shape index (κ3) is 3.22. The van der Waals surface area contributed by atoms with Crippen molar-refractivity contribution in [1.82, 2.24) is 4.98 Å². The minimum Gasteiger partial charge on any atom is -0.358 e. The molecule has 0 spiro atoms. The van der Waals surface area contributed by atoms with Crippen molar-refractivity contribution in [2.75, 3.05) is 0 Å². The Hall–Kier alpha value is -2.20. The number of aromatic amines is 1. The molecule has 1 aromatic carbocycles. The first-order valence-electron chi connectivity index (χ1n) is 6.66. The largest absolute Gasteiger partial charge is 0.358 e. The number of carbonyl (C=O) groups excluding carboxylic acids is 2. The average Bonchev–Trinajstić information content (AvgIpc) is 2.97. The molecule has 4 heteroatoms. The summed E-state index contributed by atoms with van der Waals surface area (Å²) in [6.45, 7) is 2.29. The molecule has 0 unspecified atom stereocenters. The molecule has 104 valence electrons. The molecule has 0 fully saturated rings. The van der Waals surface area contributed by atoms with Gasteiger partial charge in [0.05, 0.1) is 5.69 Å². The number of aromatic nitrogens is 1. The molecule has 0 bridgehead atoms. The highest BCUT2D eigenvalue weighted by Gasteiger charge is 2.12. The van der Waals surface area contributed by atoms with Crippen molar-refractivity contribution in [1.29, 1.82) is 0 Å². The van der Waals surface area contributed by atoms with Gasteiger partial charge < -0.3 is 10.7 Å². The van der Waals surface area contributed by atoms with E-state index >= 15 is 0 Å². The van der Waals surface area contributed by atoms with E-state index in [-0.39, 0.29) is 11.6 Å². The van der Waals surface area contributed by atoms with Crippen LogP contribution in [-0.4, -0.2) is 16.6 Å². The first-order chi connectivity index (χ1) is 9.63. The van der Waals surface area contributed by atoms with Crippen molar-refractivity contribution in [2.45, 2.75) is 26.3 Å². The van der Waals surface area contributed by atoms with Crippen molar-refractivity contribution in [3.05, 3.63) is 58.9 Å². The van der Waals surface area contributed by atoms with Gasteiger partial charge in [-0.3, -0.25) is 9.59 Å². The van der Waals surface area contributed by atoms with E-state index in [1.165, 1.54) is 0 Å². The topological polar surface area (TPSA) is 76.0 Å². The van der Waals surface area contributed by atoms with Crippen LogP contribution in [0.25, 0.3) is 0 Å². The summed E-state index contributed by atoms with van der Waals surface area (Å²) in [6.07, 6.45) is 2.34. The number of H-pyrrole nitrogens is 1. The second-order valence-corrected chi connectivity index (χ2v) is 4.70. The third-order valence-electron chi connectivity index (χ3n) is 3.25. The Morgan fingerprint density at radius 2 is 1.75 bits per heavy atom. The van der Waals surface area contributed by atoms with Gasteiger partial charge in [-0.15, -0.1) is 0 Å². The van der Waals surface area contributed by atoms with E-state index in [2.05, 4.69) is 4.98 Å². The lowest BCUT2D eigenvalue weighted by Gasteiger charge is -2.01. The first-order valence-corrected chi connectivity index (χ1v) is 6.66. The van der Waals surface area contributed by atoms with Gasteiger partial charge in [-0.1, -0.05) is 31.2 Å². The summed E-state index contributed by atoms with van der Waals surface area (Å²) in [7, 11) is 0. The molecule has 2 rings (SSSR count). The summed E-state index contributed by atoms with van der Waals surface area (Å²) in [4.78, 5) is 26.5. The molecule has 0 saturated carbocycles. The molecular formula is C16H18N2O2. The lowest BCUT2D eigenvalue weighted by atomic mass is 10.0. The minimum atomic E-state index is -0.0272. The van der Waals surface area contributed by atoms with Crippen molar-refractivity contribution < 1.29 is 9.59 Å². The highest BCUT2D eigenvalue weighted by molar-refractivity contribution is 6.01. The van der Waals surface area contributed by atoms with E-state index in [9.17, 15) is 9.59 Å². The minimum absolute atomic E-state index is 0.0272. The van der Waals surface area contributed by atoms with Gasteiger partial charge in [0.25, 0.3) is 0 Å². The predicted octanol–water partition coefficient (Wildman–Crippen LogP) is 2.49. The zero-order valence-electron chi connectivity index (χ0n) is 11.5. The van der Waals surface area contributed by atoms with Gasteiger partial charge in [0.2, 0.25) is 0 Å². The van der Waals surface area contributed by atoms with Crippen LogP contribution in [0, 0.1) is 0 Å². The molecule has 2 aromatic rings. The van der Waals surface area contributed by atoms with Crippen LogP contribution in [0.2, 0.25) is 0 Å². The number of carbonyl (C=O) groups is 2. The van der Waals surface area contributed by atoms with E-state index in [0.717, 1.165) is 11.1 Å². The fourth-order valence-corrected chi connectivity index (χ4v) is 1.99. The maximum Gasteiger partial charge on any atom is 0.183 e. The quantitative estimate of drug-likeness (QED) is 0.792. The van der Waals surface area contributed by atoms with Crippen LogP contribution >= 0.6 is 0 Å². The summed E-state index contributed by atoms with van der Waals surface area (Å²) in [5.74, 6) is 0.00764. The number of hydrogen-bond acceptors (Lipinski definition) is 3. The summed E-state index contributed by atoms with van der Waals surface area (Å²) in [5, 5.41) is 0. The Kier molecular flexibility index (Phi) is 4.48. The van der Waals surface area contributed by atoms with Crippen LogP contribution in [0.3, 0.4) is 0 Å². The highest BCUT2D eigenvalue weighted by atomic mass is 16.1. The second kappa shape index (κ2) is 6.30. The lowest BCUT2D eigenvalue weighted by Crippen LogP contribution is -2.04. The van der Waals surface area contributed by atoms with Crippen molar-refractivity contribution >= 4 is 11.6 Å². The van der Waals surface area contributed by atoms with Gasteiger partial charge >= 0.3 is 0 Å². The molecule has 0 aliphatic carbocycles. The van der Waals surface area contributed by atoms with Gasteiger partial charge in [0.1, 0.15) is 0 Å². The monoisotopic (exact) mass is 270 g/mol. The Morgan fingerprint density at radius 3 is 2.35 bits per heavy atom. The maximum absolute atomic E-state index is 12.1. The summed E-state index contributed by atoms with van der Waals surface area (Å²) in [6, 6.07) is 9.28. The Morgan fingerprint density at radius 1 is 1.10 bits per heavy atom. The van der Waals surface area contributed by atoms with E-state index in [1.807, 2.05) is 24.3 Å². The number of ketones is 2. The van der Waals surface area contributed by atoms with Crippen LogP contribution < -0.4 is 5.73 Å². The van der Waals surface area contributed by atoms with Crippen LogP contribution in [0.15, 0.2) is 36.5 Å². The SMILES string of the molecule is CCC(=O)c1c[nH]c(C(=O)Cc2ccc(CN)cc2)c1. The van der Waals surface area contributed by atoms with E-state index in [1.54, 1.807) is 19.2 Å². The Bertz CT molecular complexity index is 612. The lowest BCUT2D eigenvalue weighted by molar-refractivity contribution is 0.0984. The molecule has 0 saturated heterocycles. The molecule has 0 radical (unpaired) electrons. The van der Waals surface area contributed by atoms with Crippen molar-refractivity contribution in [2.24, 2.45) is 5.73 Å². The molecule has 1 aromatic heterocycles. The molecule has 0 atom stereocenters. The van der Waals surface area contributed by atoms with Crippen LogP contribution in [-0.2, 0) is 13.0 Å². The zero-order valence-corrected chi connectivity index (χ0v) is 11.5. The molecule has 0 aliphatic rings. The van der Waals surface area contributed by atoms with Crippen molar-refractivity contribution in [3.63, 3.8) is 0 Å². The number of Topliss-reactive ketones (excluding diaryl/α,β-unsaturated/α-hetero) is 2. The fraction of sp³-hybridized carbons (Fsp3) is 0.250. The summed E-state index contributed by atoms with van der Waals surface area (Å²) < 4.78 is 0. The maximum atomic E-state index is 12.1. The molecular weight excluding hydrogens is 252 g/mol. The van der Waals surface area contributed by atoms with Gasteiger partial charge in [-0.25, -0.2) is 0 Å². The fourth-order valence-electron chi connectivity index (χ4n) is 1.99. The molecule has 20 heavy (non-hydrogen) atoms. The average molecular weight is 270 g/mol. The van der Waals surface area contributed by atoms with Crippen LogP contribution in [0.4, 0.5) is 0 Å².